The van der Waals surface area contributed by atoms with Gasteiger partial charge in [0.25, 0.3) is 0 Å². The molecule has 2 aromatic heterocycles. The van der Waals surface area contributed by atoms with Crippen LogP contribution in [0.3, 0.4) is 0 Å². The minimum absolute atomic E-state index is 0.190. The van der Waals surface area contributed by atoms with Crippen LogP contribution < -0.4 is 0 Å². The van der Waals surface area contributed by atoms with Crippen LogP contribution in [0.2, 0.25) is 0 Å². The molecule has 0 bridgehead atoms. The summed E-state index contributed by atoms with van der Waals surface area (Å²) in [5, 5.41) is 13.8. The van der Waals surface area contributed by atoms with Gasteiger partial charge >= 0.3 is 5.97 Å². The lowest BCUT2D eigenvalue weighted by Crippen LogP contribution is -2.08. The fourth-order valence-corrected chi connectivity index (χ4v) is 2.36. The topological polar surface area (TPSA) is 68.3 Å². The zero-order chi connectivity index (χ0) is 15.0. The van der Waals surface area contributed by atoms with Gasteiger partial charge in [-0.05, 0) is 50.2 Å². The van der Waals surface area contributed by atoms with Crippen LogP contribution in [-0.2, 0) is 0 Å². The number of carboxylic acid groups (broad SMARTS) is 1. The number of aryl methyl sites for hydroxylation is 2. The predicted molar refractivity (Wildman–Crippen MR) is 77.7 cm³/mol. The van der Waals surface area contributed by atoms with Crippen LogP contribution in [-0.4, -0.2) is 20.9 Å². The molecule has 0 atom stereocenters. The van der Waals surface area contributed by atoms with E-state index in [1.54, 1.807) is 35.2 Å². The Balaban J connectivity index is 2.18. The molecule has 0 aliphatic heterocycles. The summed E-state index contributed by atoms with van der Waals surface area (Å²) in [5.41, 5.74) is 3.20. The Labute approximate surface area is 121 Å². The van der Waals surface area contributed by atoms with Crippen LogP contribution in [0.5, 0.6) is 0 Å². The van der Waals surface area contributed by atoms with Gasteiger partial charge in [0.15, 0.2) is 0 Å². The van der Waals surface area contributed by atoms with E-state index in [2.05, 4.69) is 5.10 Å². The molecule has 0 saturated heterocycles. The molecule has 0 aliphatic carbocycles. The number of hydrogen-bond donors (Lipinski definition) is 1. The molecule has 0 unspecified atom stereocenters. The first-order chi connectivity index (χ1) is 10.1. The van der Waals surface area contributed by atoms with Crippen molar-refractivity contribution in [2.24, 2.45) is 0 Å². The van der Waals surface area contributed by atoms with Gasteiger partial charge in [-0.2, -0.15) is 5.10 Å². The van der Waals surface area contributed by atoms with Crippen molar-refractivity contribution in [1.29, 1.82) is 0 Å². The molecular weight excluding hydrogens is 268 g/mol. The highest BCUT2D eigenvalue weighted by atomic mass is 16.4. The SMILES string of the molecule is Cc1cc(C)n(-c2ccc(-c3ccco3)cc2C(=O)O)n1. The van der Waals surface area contributed by atoms with Gasteiger partial charge in [0, 0.05) is 11.3 Å². The van der Waals surface area contributed by atoms with Crippen LogP contribution in [0, 0.1) is 13.8 Å². The second kappa shape index (κ2) is 4.94. The van der Waals surface area contributed by atoms with Gasteiger partial charge in [-0.15, -0.1) is 0 Å². The zero-order valence-electron chi connectivity index (χ0n) is 11.7. The smallest absolute Gasteiger partial charge is 0.337 e. The molecule has 3 aromatic rings. The number of aromatic carboxylic acids is 1. The van der Waals surface area contributed by atoms with Crippen LogP contribution >= 0.6 is 0 Å². The second-order valence-electron chi connectivity index (χ2n) is 4.85. The van der Waals surface area contributed by atoms with Crippen LogP contribution in [0.25, 0.3) is 17.0 Å². The van der Waals surface area contributed by atoms with Crippen molar-refractivity contribution >= 4 is 5.97 Å². The van der Waals surface area contributed by atoms with Gasteiger partial charge in [0.2, 0.25) is 0 Å². The number of furan rings is 1. The Morgan fingerprint density at radius 1 is 1.24 bits per heavy atom. The van der Waals surface area contributed by atoms with E-state index < -0.39 is 5.97 Å². The highest BCUT2D eigenvalue weighted by Gasteiger charge is 2.16. The Kier molecular flexibility index (Phi) is 3.10. The first kappa shape index (κ1) is 13.2. The summed E-state index contributed by atoms with van der Waals surface area (Å²) in [5.74, 6) is -0.358. The number of benzene rings is 1. The molecule has 5 nitrogen and oxygen atoms in total. The number of rotatable bonds is 3. The number of carbonyl (C=O) groups is 1. The average molecular weight is 282 g/mol. The van der Waals surface area contributed by atoms with E-state index in [1.165, 1.54) is 0 Å². The van der Waals surface area contributed by atoms with Crippen molar-refractivity contribution in [3.05, 3.63) is 59.6 Å². The van der Waals surface area contributed by atoms with Gasteiger partial charge in [0.05, 0.1) is 23.2 Å². The third-order valence-corrected chi connectivity index (χ3v) is 3.27. The fraction of sp³-hybridized carbons (Fsp3) is 0.125. The molecule has 106 valence electrons. The predicted octanol–water partition coefficient (Wildman–Crippen LogP) is 3.45. The molecule has 3 rings (SSSR count). The zero-order valence-corrected chi connectivity index (χ0v) is 11.7. The van der Waals surface area contributed by atoms with E-state index in [0.29, 0.717) is 11.4 Å². The lowest BCUT2D eigenvalue weighted by molar-refractivity contribution is 0.0697. The lowest BCUT2D eigenvalue weighted by atomic mass is 10.1. The molecular formula is C16H14N2O3. The Hall–Kier alpha value is -2.82. The van der Waals surface area contributed by atoms with Gasteiger partial charge in [-0.1, -0.05) is 0 Å². The normalized spacial score (nSPS) is 10.8. The summed E-state index contributed by atoms with van der Waals surface area (Å²) >= 11 is 0. The molecule has 0 fully saturated rings. The lowest BCUT2D eigenvalue weighted by Gasteiger charge is -2.09. The monoisotopic (exact) mass is 282 g/mol. The molecule has 21 heavy (non-hydrogen) atoms. The maximum absolute atomic E-state index is 11.6. The van der Waals surface area contributed by atoms with E-state index in [1.807, 2.05) is 26.0 Å². The first-order valence-corrected chi connectivity index (χ1v) is 6.51. The van der Waals surface area contributed by atoms with Crippen LogP contribution in [0.1, 0.15) is 21.7 Å². The number of nitrogens with zero attached hydrogens (tertiary/aromatic N) is 2. The van der Waals surface area contributed by atoms with E-state index in [-0.39, 0.29) is 5.56 Å². The average Bonchev–Trinajstić information content (AvgIpc) is 3.07. The summed E-state index contributed by atoms with van der Waals surface area (Å²) in [6, 6.07) is 10.7. The Morgan fingerprint density at radius 3 is 2.62 bits per heavy atom. The summed E-state index contributed by atoms with van der Waals surface area (Å²) < 4.78 is 6.96. The molecule has 0 radical (unpaired) electrons. The first-order valence-electron chi connectivity index (χ1n) is 6.51. The van der Waals surface area contributed by atoms with E-state index in [0.717, 1.165) is 17.0 Å². The van der Waals surface area contributed by atoms with Crippen LogP contribution in [0.15, 0.2) is 47.1 Å². The summed E-state index contributed by atoms with van der Waals surface area (Å²) in [4.78, 5) is 11.6. The summed E-state index contributed by atoms with van der Waals surface area (Å²) in [7, 11) is 0. The molecule has 5 heteroatoms. The van der Waals surface area contributed by atoms with Crippen molar-refractivity contribution in [3.63, 3.8) is 0 Å². The van der Waals surface area contributed by atoms with Crippen molar-refractivity contribution in [2.75, 3.05) is 0 Å². The van der Waals surface area contributed by atoms with Crippen molar-refractivity contribution in [2.45, 2.75) is 13.8 Å². The van der Waals surface area contributed by atoms with Gasteiger partial charge in [0.1, 0.15) is 5.76 Å². The second-order valence-corrected chi connectivity index (χ2v) is 4.85. The summed E-state index contributed by atoms with van der Waals surface area (Å²) in [6.45, 7) is 3.77. The molecule has 0 aliphatic rings. The Bertz CT molecular complexity index is 801. The number of carboxylic acids is 1. The largest absolute Gasteiger partial charge is 0.478 e. The minimum atomic E-state index is -0.994. The highest BCUT2D eigenvalue weighted by molar-refractivity contribution is 5.93. The molecule has 0 spiro atoms. The summed E-state index contributed by atoms with van der Waals surface area (Å²) in [6.07, 6.45) is 1.56. The quantitative estimate of drug-likeness (QED) is 0.799. The van der Waals surface area contributed by atoms with Gasteiger partial charge in [-0.3, -0.25) is 0 Å². The van der Waals surface area contributed by atoms with Crippen molar-refractivity contribution < 1.29 is 14.3 Å². The van der Waals surface area contributed by atoms with Crippen molar-refractivity contribution in [1.82, 2.24) is 9.78 Å². The molecule has 2 heterocycles. The van der Waals surface area contributed by atoms with Crippen LogP contribution in [0.4, 0.5) is 0 Å². The molecule has 1 aromatic carbocycles. The molecule has 0 saturated carbocycles. The molecule has 1 N–H and O–H groups in total. The maximum atomic E-state index is 11.6. The van der Waals surface area contributed by atoms with E-state index in [4.69, 9.17) is 4.42 Å². The minimum Gasteiger partial charge on any atom is -0.478 e. The maximum Gasteiger partial charge on any atom is 0.337 e. The van der Waals surface area contributed by atoms with E-state index in [9.17, 15) is 9.90 Å². The number of aromatic nitrogens is 2. The third-order valence-electron chi connectivity index (χ3n) is 3.27. The highest BCUT2D eigenvalue weighted by Crippen LogP contribution is 2.25. The fourth-order valence-electron chi connectivity index (χ4n) is 2.36. The van der Waals surface area contributed by atoms with Crippen molar-refractivity contribution in [3.8, 4) is 17.0 Å². The number of hydrogen-bond acceptors (Lipinski definition) is 3. The molecule has 0 amide bonds. The Morgan fingerprint density at radius 2 is 2.05 bits per heavy atom. The third kappa shape index (κ3) is 2.33. The van der Waals surface area contributed by atoms with E-state index >= 15 is 0 Å². The van der Waals surface area contributed by atoms with Gasteiger partial charge in [-0.25, -0.2) is 9.48 Å². The standard InChI is InChI=1S/C16H14N2O3/c1-10-8-11(2)18(17-10)14-6-5-12(9-13(14)16(19)20)15-4-3-7-21-15/h3-9H,1-2H3,(H,19,20). The van der Waals surface area contributed by atoms with Gasteiger partial charge < -0.3 is 9.52 Å².